The molecular weight excluding hydrogens is 212 g/mol. The number of pyridine rings is 1. The van der Waals surface area contributed by atoms with E-state index in [1.165, 1.54) is 12.8 Å². The first-order chi connectivity index (χ1) is 8.28. The van der Waals surface area contributed by atoms with Crippen LogP contribution in [0.15, 0.2) is 12.1 Å². The third-order valence-electron chi connectivity index (χ3n) is 3.04. The fourth-order valence-corrected chi connectivity index (χ4v) is 2.20. The molecule has 1 aliphatic heterocycles. The number of hydrogen-bond acceptors (Lipinski definition) is 4. The van der Waals surface area contributed by atoms with E-state index in [-0.39, 0.29) is 0 Å². The second-order valence-electron chi connectivity index (χ2n) is 4.50. The lowest BCUT2D eigenvalue weighted by atomic mass is 10.1. The van der Waals surface area contributed by atoms with Crippen LogP contribution in [0, 0.1) is 18.3 Å². The van der Waals surface area contributed by atoms with Gasteiger partial charge < -0.3 is 10.6 Å². The number of aromatic nitrogens is 1. The molecule has 1 aromatic rings. The Morgan fingerprint density at radius 1 is 1.59 bits per heavy atom. The molecule has 1 fully saturated rings. The fourth-order valence-electron chi connectivity index (χ4n) is 2.20. The Bertz CT molecular complexity index is 416. The van der Waals surface area contributed by atoms with Crippen LogP contribution in [-0.2, 0) is 0 Å². The predicted molar refractivity (Wildman–Crippen MR) is 67.8 cm³/mol. The van der Waals surface area contributed by atoms with E-state index < -0.39 is 0 Å². The number of aryl methyl sites for hydroxylation is 1. The molecule has 1 aromatic heterocycles. The van der Waals surface area contributed by atoms with E-state index in [0.29, 0.717) is 11.6 Å². The summed E-state index contributed by atoms with van der Waals surface area (Å²) in [5, 5.41) is 15.6. The van der Waals surface area contributed by atoms with Crippen LogP contribution < -0.4 is 10.6 Å². The van der Waals surface area contributed by atoms with Gasteiger partial charge in [0.05, 0.1) is 11.6 Å². The van der Waals surface area contributed by atoms with Crippen molar-refractivity contribution in [2.24, 2.45) is 0 Å². The van der Waals surface area contributed by atoms with Crippen LogP contribution >= 0.6 is 0 Å². The number of anilines is 1. The molecule has 90 valence electrons. The molecule has 0 amide bonds. The van der Waals surface area contributed by atoms with Gasteiger partial charge in [-0.25, -0.2) is 4.98 Å². The van der Waals surface area contributed by atoms with E-state index in [9.17, 15) is 0 Å². The third-order valence-corrected chi connectivity index (χ3v) is 3.04. The molecule has 0 saturated carbocycles. The van der Waals surface area contributed by atoms with Gasteiger partial charge in [0.1, 0.15) is 5.82 Å². The van der Waals surface area contributed by atoms with Crippen molar-refractivity contribution in [3.8, 4) is 6.07 Å². The lowest BCUT2D eigenvalue weighted by Crippen LogP contribution is -2.24. The number of hydrogen-bond donors (Lipinski definition) is 2. The largest absolute Gasteiger partial charge is 0.370 e. The molecule has 0 spiro atoms. The Labute approximate surface area is 102 Å². The van der Waals surface area contributed by atoms with Crippen LogP contribution in [0.2, 0.25) is 0 Å². The van der Waals surface area contributed by atoms with Crippen LogP contribution in [0.1, 0.15) is 30.5 Å². The highest BCUT2D eigenvalue weighted by atomic mass is 15.0. The monoisotopic (exact) mass is 230 g/mol. The molecule has 0 aromatic carbocycles. The van der Waals surface area contributed by atoms with Crippen LogP contribution in [0.3, 0.4) is 0 Å². The molecule has 4 nitrogen and oxygen atoms in total. The van der Waals surface area contributed by atoms with Gasteiger partial charge in [0.15, 0.2) is 0 Å². The van der Waals surface area contributed by atoms with Crippen molar-refractivity contribution in [1.82, 2.24) is 10.3 Å². The predicted octanol–water partition coefficient (Wildman–Crippen LogP) is 1.82. The minimum atomic E-state index is 0.641. The highest BCUT2D eigenvalue weighted by Gasteiger charge is 2.12. The van der Waals surface area contributed by atoms with Gasteiger partial charge in [-0.3, -0.25) is 0 Å². The molecule has 1 saturated heterocycles. The van der Waals surface area contributed by atoms with E-state index in [4.69, 9.17) is 5.26 Å². The van der Waals surface area contributed by atoms with Crippen LogP contribution in [0.25, 0.3) is 0 Å². The van der Waals surface area contributed by atoms with Gasteiger partial charge in [-0.2, -0.15) is 5.26 Å². The molecule has 2 N–H and O–H groups in total. The quantitative estimate of drug-likeness (QED) is 0.828. The first-order valence-electron chi connectivity index (χ1n) is 6.14. The molecule has 0 aliphatic carbocycles. The molecule has 17 heavy (non-hydrogen) atoms. The summed E-state index contributed by atoms with van der Waals surface area (Å²) in [7, 11) is 0. The highest BCUT2D eigenvalue weighted by Crippen LogP contribution is 2.11. The second-order valence-corrected chi connectivity index (χ2v) is 4.50. The van der Waals surface area contributed by atoms with E-state index >= 15 is 0 Å². The SMILES string of the molecule is Cc1cc(C#N)cc(NCCC2CCCN2)n1. The van der Waals surface area contributed by atoms with Crippen molar-refractivity contribution in [1.29, 1.82) is 5.26 Å². The average molecular weight is 230 g/mol. The molecular formula is C13H18N4. The van der Waals surface area contributed by atoms with E-state index in [1.54, 1.807) is 12.1 Å². The topological polar surface area (TPSA) is 60.7 Å². The third kappa shape index (κ3) is 3.43. The minimum Gasteiger partial charge on any atom is -0.370 e. The number of nitrogens with one attached hydrogen (secondary N) is 2. The van der Waals surface area contributed by atoms with Gasteiger partial charge in [-0.15, -0.1) is 0 Å². The average Bonchev–Trinajstić information content (AvgIpc) is 2.81. The molecule has 1 unspecified atom stereocenters. The molecule has 4 heteroatoms. The summed E-state index contributed by atoms with van der Waals surface area (Å²) in [6.07, 6.45) is 3.66. The van der Waals surface area contributed by atoms with E-state index in [1.807, 2.05) is 6.92 Å². The summed E-state index contributed by atoms with van der Waals surface area (Å²) in [6.45, 7) is 3.95. The summed E-state index contributed by atoms with van der Waals surface area (Å²) in [4.78, 5) is 4.36. The maximum absolute atomic E-state index is 8.87. The zero-order valence-electron chi connectivity index (χ0n) is 10.2. The lowest BCUT2D eigenvalue weighted by Gasteiger charge is -2.11. The maximum Gasteiger partial charge on any atom is 0.127 e. The van der Waals surface area contributed by atoms with E-state index in [0.717, 1.165) is 31.0 Å². The van der Waals surface area contributed by atoms with Gasteiger partial charge in [-0.05, 0) is 44.9 Å². The Balaban J connectivity index is 1.85. The fraction of sp³-hybridized carbons (Fsp3) is 0.538. The van der Waals surface area contributed by atoms with Crippen molar-refractivity contribution in [3.05, 3.63) is 23.4 Å². The summed E-state index contributed by atoms with van der Waals surface area (Å²) < 4.78 is 0. The van der Waals surface area contributed by atoms with Crippen molar-refractivity contribution in [2.75, 3.05) is 18.4 Å². The van der Waals surface area contributed by atoms with Crippen molar-refractivity contribution >= 4 is 5.82 Å². The van der Waals surface area contributed by atoms with Crippen LogP contribution in [-0.4, -0.2) is 24.1 Å². The molecule has 2 heterocycles. The minimum absolute atomic E-state index is 0.641. The molecule has 0 bridgehead atoms. The Hall–Kier alpha value is -1.60. The number of rotatable bonds is 4. The van der Waals surface area contributed by atoms with Crippen molar-refractivity contribution in [2.45, 2.75) is 32.2 Å². The van der Waals surface area contributed by atoms with Gasteiger partial charge in [0.2, 0.25) is 0 Å². The van der Waals surface area contributed by atoms with Gasteiger partial charge >= 0.3 is 0 Å². The first kappa shape index (κ1) is 11.9. The Morgan fingerprint density at radius 3 is 3.18 bits per heavy atom. The number of nitrogens with zero attached hydrogens (tertiary/aromatic N) is 2. The smallest absolute Gasteiger partial charge is 0.127 e. The summed E-state index contributed by atoms with van der Waals surface area (Å²) in [6, 6.07) is 6.38. The van der Waals surface area contributed by atoms with Crippen LogP contribution in [0.5, 0.6) is 0 Å². The molecule has 1 aliphatic rings. The van der Waals surface area contributed by atoms with Crippen molar-refractivity contribution in [3.63, 3.8) is 0 Å². The van der Waals surface area contributed by atoms with Gasteiger partial charge in [-0.1, -0.05) is 0 Å². The molecule has 2 rings (SSSR count). The maximum atomic E-state index is 8.87. The summed E-state index contributed by atoms with van der Waals surface area (Å²) in [5.74, 6) is 0.805. The normalized spacial score (nSPS) is 18.9. The van der Waals surface area contributed by atoms with Gasteiger partial charge in [0.25, 0.3) is 0 Å². The van der Waals surface area contributed by atoms with E-state index in [2.05, 4.69) is 21.7 Å². The molecule has 1 atom stereocenters. The number of nitriles is 1. The zero-order valence-corrected chi connectivity index (χ0v) is 10.2. The standard InChI is InChI=1S/C13H18N4/c1-10-7-11(9-14)8-13(17-10)16-6-4-12-3-2-5-15-12/h7-8,12,15H,2-6H2,1H3,(H,16,17). The lowest BCUT2D eigenvalue weighted by molar-refractivity contribution is 0.574. The Kier molecular flexibility index (Phi) is 3.94. The second kappa shape index (κ2) is 5.65. The highest BCUT2D eigenvalue weighted by molar-refractivity contribution is 5.44. The van der Waals surface area contributed by atoms with Crippen LogP contribution in [0.4, 0.5) is 5.82 Å². The first-order valence-corrected chi connectivity index (χ1v) is 6.14. The summed E-state index contributed by atoms with van der Waals surface area (Å²) in [5.41, 5.74) is 1.55. The van der Waals surface area contributed by atoms with Crippen molar-refractivity contribution < 1.29 is 0 Å². The zero-order chi connectivity index (χ0) is 12.1. The molecule has 0 radical (unpaired) electrons. The Morgan fingerprint density at radius 2 is 2.47 bits per heavy atom. The van der Waals surface area contributed by atoms with Gasteiger partial charge in [0, 0.05) is 18.3 Å². The summed E-state index contributed by atoms with van der Waals surface area (Å²) >= 11 is 0.